The second-order valence-electron chi connectivity index (χ2n) is 6.28. The van der Waals surface area contributed by atoms with Crippen molar-refractivity contribution in [2.75, 3.05) is 10.6 Å². The van der Waals surface area contributed by atoms with Crippen LogP contribution in [0.15, 0.2) is 54.7 Å². The fraction of sp³-hybridized carbons (Fsp3) is 0.143. The molecule has 136 valence electrons. The Morgan fingerprint density at radius 1 is 0.926 bits per heavy atom. The number of nitrogens with zero attached hydrogens (tertiary/aromatic N) is 2. The van der Waals surface area contributed by atoms with Crippen LogP contribution in [0.2, 0.25) is 0 Å². The van der Waals surface area contributed by atoms with Gasteiger partial charge in [0.25, 0.3) is 5.91 Å². The van der Waals surface area contributed by atoms with Gasteiger partial charge in [0.1, 0.15) is 5.69 Å². The summed E-state index contributed by atoms with van der Waals surface area (Å²) in [5.41, 5.74) is 4.48. The van der Waals surface area contributed by atoms with Crippen LogP contribution in [0, 0.1) is 13.8 Å². The smallest absolute Gasteiger partial charge is 0.274 e. The topological polar surface area (TPSA) is 84.0 Å². The lowest BCUT2D eigenvalue weighted by Gasteiger charge is -2.09. The summed E-state index contributed by atoms with van der Waals surface area (Å²) in [4.78, 5) is 32.4. The van der Waals surface area contributed by atoms with Gasteiger partial charge < -0.3 is 10.6 Å². The van der Waals surface area contributed by atoms with Gasteiger partial charge in [0.05, 0.1) is 0 Å². The Labute approximate surface area is 157 Å². The van der Waals surface area contributed by atoms with Crippen molar-refractivity contribution in [2.24, 2.45) is 0 Å². The van der Waals surface area contributed by atoms with Crippen LogP contribution < -0.4 is 10.6 Å². The third-order valence-corrected chi connectivity index (χ3v) is 4.18. The molecule has 0 spiro atoms. The third kappa shape index (κ3) is 4.55. The van der Waals surface area contributed by atoms with Gasteiger partial charge in [-0.2, -0.15) is 0 Å². The van der Waals surface area contributed by atoms with Gasteiger partial charge >= 0.3 is 0 Å². The Hall–Kier alpha value is -3.54. The molecule has 27 heavy (non-hydrogen) atoms. The Morgan fingerprint density at radius 3 is 2.48 bits per heavy atom. The number of benzene rings is 2. The number of hydrogen-bond donors (Lipinski definition) is 2. The summed E-state index contributed by atoms with van der Waals surface area (Å²) in [6.07, 6.45) is 1.51. The molecule has 1 heterocycles. The fourth-order valence-electron chi connectivity index (χ4n) is 2.50. The van der Waals surface area contributed by atoms with E-state index in [4.69, 9.17) is 0 Å². The molecule has 0 aliphatic heterocycles. The zero-order valence-electron chi connectivity index (χ0n) is 15.4. The molecule has 1 aromatic heterocycles. The Kier molecular flexibility index (Phi) is 5.26. The molecule has 0 aliphatic carbocycles. The average molecular weight is 360 g/mol. The first-order chi connectivity index (χ1) is 12.9. The Morgan fingerprint density at radius 2 is 1.74 bits per heavy atom. The highest BCUT2D eigenvalue weighted by molar-refractivity contribution is 6.03. The number of rotatable bonds is 5. The summed E-state index contributed by atoms with van der Waals surface area (Å²) in [7, 11) is 0. The predicted molar refractivity (Wildman–Crippen MR) is 106 cm³/mol. The minimum atomic E-state index is -0.318. The normalized spacial score (nSPS) is 10.3. The summed E-state index contributed by atoms with van der Waals surface area (Å²) in [5.74, 6) is -0.0642. The van der Waals surface area contributed by atoms with Crippen molar-refractivity contribution >= 4 is 29.0 Å². The molecule has 2 N–H and O–H groups in total. The van der Waals surface area contributed by atoms with Crippen LogP contribution in [-0.4, -0.2) is 21.7 Å². The predicted octanol–water partition coefficient (Wildman–Crippen LogP) is 4.29. The highest BCUT2D eigenvalue weighted by Crippen LogP contribution is 2.17. The standard InChI is InChI=1S/C21H20N4O2/c1-13-7-8-18(11-14(13)2)23-20(27)19-9-10-22-21(25-19)24-17-6-4-5-16(12-17)15(3)26/h4-12H,1-3H3,(H,23,27)(H,22,24,25). The molecule has 0 saturated carbocycles. The molecule has 0 radical (unpaired) electrons. The van der Waals surface area contributed by atoms with Crippen LogP contribution >= 0.6 is 0 Å². The second kappa shape index (κ2) is 7.78. The minimum absolute atomic E-state index is 0.0268. The van der Waals surface area contributed by atoms with Crippen LogP contribution in [0.25, 0.3) is 0 Å². The number of carbonyl (C=O) groups is 2. The molecule has 0 aliphatic rings. The van der Waals surface area contributed by atoms with E-state index < -0.39 is 0 Å². The lowest BCUT2D eigenvalue weighted by molar-refractivity contribution is 0.101. The van der Waals surface area contributed by atoms with Crippen molar-refractivity contribution < 1.29 is 9.59 Å². The van der Waals surface area contributed by atoms with Crippen molar-refractivity contribution in [3.8, 4) is 0 Å². The summed E-state index contributed by atoms with van der Waals surface area (Å²) in [6, 6.07) is 14.3. The van der Waals surface area contributed by atoms with E-state index in [1.807, 2.05) is 32.0 Å². The van der Waals surface area contributed by atoms with Crippen molar-refractivity contribution in [1.29, 1.82) is 0 Å². The van der Waals surface area contributed by atoms with Crippen LogP contribution in [-0.2, 0) is 0 Å². The van der Waals surface area contributed by atoms with Gasteiger partial charge in [-0.05, 0) is 62.2 Å². The van der Waals surface area contributed by atoms with E-state index in [1.165, 1.54) is 13.1 Å². The molecule has 0 bridgehead atoms. The number of carbonyl (C=O) groups excluding carboxylic acids is 2. The zero-order chi connectivity index (χ0) is 19.4. The van der Waals surface area contributed by atoms with Crippen molar-refractivity contribution in [3.63, 3.8) is 0 Å². The van der Waals surface area contributed by atoms with Gasteiger partial charge in [0, 0.05) is 23.1 Å². The summed E-state index contributed by atoms with van der Waals surface area (Å²) < 4.78 is 0. The number of Topliss-reactive ketones (excluding diaryl/α,β-unsaturated/α-hetero) is 1. The van der Waals surface area contributed by atoms with Crippen molar-refractivity contribution in [2.45, 2.75) is 20.8 Å². The highest BCUT2D eigenvalue weighted by Gasteiger charge is 2.10. The molecule has 0 unspecified atom stereocenters. The molecule has 0 saturated heterocycles. The number of amides is 1. The summed E-state index contributed by atoms with van der Waals surface area (Å²) in [6.45, 7) is 5.52. The van der Waals surface area contributed by atoms with Gasteiger partial charge in [-0.3, -0.25) is 9.59 Å². The van der Waals surface area contributed by atoms with E-state index in [9.17, 15) is 9.59 Å². The maximum atomic E-state index is 12.5. The van der Waals surface area contributed by atoms with Crippen LogP contribution in [0.1, 0.15) is 38.9 Å². The average Bonchev–Trinajstić information content (AvgIpc) is 2.65. The molecule has 3 aromatic rings. The maximum absolute atomic E-state index is 12.5. The van der Waals surface area contributed by atoms with Gasteiger partial charge in [0.15, 0.2) is 5.78 Å². The first kappa shape index (κ1) is 18.3. The van der Waals surface area contributed by atoms with E-state index >= 15 is 0 Å². The molecule has 3 rings (SSSR count). The molecule has 0 fully saturated rings. The van der Waals surface area contributed by atoms with Crippen LogP contribution in [0.3, 0.4) is 0 Å². The quantitative estimate of drug-likeness (QED) is 0.663. The van der Waals surface area contributed by atoms with Crippen LogP contribution in [0.4, 0.5) is 17.3 Å². The monoisotopic (exact) mass is 360 g/mol. The first-order valence-corrected chi connectivity index (χ1v) is 8.52. The summed E-state index contributed by atoms with van der Waals surface area (Å²) >= 11 is 0. The van der Waals surface area contributed by atoms with Crippen molar-refractivity contribution in [1.82, 2.24) is 9.97 Å². The molecular formula is C21H20N4O2. The molecular weight excluding hydrogens is 340 g/mol. The number of anilines is 3. The lowest BCUT2D eigenvalue weighted by Crippen LogP contribution is -2.15. The third-order valence-electron chi connectivity index (χ3n) is 4.18. The number of hydrogen-bond acceptors (Lipinski definition) is 5. The SMILES string of the molecule is CC(=O)c1cccc(Nc2nccc(C(=O)Nc3ccc(C)c(C)c3)n2)c1. The molecule has 2 aromatic carbocycles. The van der Waals surface area contributed by atoms with Crippen molar-refractivity contribution in [3.05, 3.63) is 77.1 Å². The fourth-order valence-corrected chi connectivity index (χ4v) is 2.50. The highest BCUT2D eigenvalue weighted by atomic mass is 16.2. The molecule has 6 nitrogen and oxygen atoms in total. The molecule has 1 amide bonds. The van der Waals surface area contributed by atoms with E-state index in [2.05, 4.69) is 20.6 Å². The first-order valence-electron chi connectivity index (χ1n) is 8.52. The number of nitrogens with one attached hydrogen (secondary N) is 2. The van der Waals surface area contributed by atoms with Gasteiger partial charge in [-0.1, -0.05) is 18.2 Å². The largest absolute Gasteiger partial charge is 0.324 e. The van der Waals surface area contributed by atoms with Gasteiger partial charge in [-0.15, -0.1) is 0 Å². The number of ketones is 1. The van der Waals surface area contributed by atoms with E-state index in [1.54, 1.807) is 30.3 Å². The molecule has 0 atom stereocenters. The van der Waals surface area contributed by atoms with E-state index in [0.29, 0.717) is 16.9 Å². The number of aromatic nitrogens is 2. The molecule has 6 heteroatoms. The Bertz CT molecular complexity index is 1010. The summed E-state index contributed by atoms with van der Waals surface area (Å²) in [5, 5.41) is 5.86. The zero-order valence-corrected chi connectivity index (χ0v) is 15.4. The Balaban J connectivity index is 1.76. The minimum Gasteiger partial charge on any atom is -0.324 e. The van der Waals surface area contributed by atoms with E-state index in [-0.39, 0.29) is 23.3 Å². The second-order valence-corrected chi connectivity index (χ2v) is 6.28. The van der Waals surface area contributed by atoms with Crippen LogP contribution in [0.5, 0.6) is 0 Å². The van der Waals surface area contributed by atoms with Gasteiger partial charge in [-0.25, -0.2) is 9.97 Å². The van der Waals surface area contributed by atoms with E-state index in [0.717, 1.165) is 11.1 Å². The maximum Gasteiger partial charge on any atom is 0.274 e. The lowest BCUT2D eigenvalue weighted by atomic mass is 10.1. The number of aryl methyl sites for hydroxylation is 2. The van der Waals surface area contributed by atoms with Gasteiger partial charge in [0.2, 0.25) is 5.95 Å².